The van der Waals surface area contributed by atoms with Crippen LogP contribution in [0.5, 0.6) is 0 Å². The molecule has 0 aliphatic heterocycles. The predicted octanol–water partition coefficient (Wildman–Crippen LogP) is 2.15. The van der Waals surface area contributed by atoms with Crippen molar-refractivity contribution in [3.8, 4) is 5.69 Å². The Balaban J connectivity index is 2.23. The van der Waals surface area contributed by atoms with E-state index in [-0.39, 0.29) is 12.2 Å². The number of carbonyl (C=O) groups is 1. The molecule has 0 bridgehead atoms. The van der Waals surface area contributed by atoms with Crippen LogP contribution in [0, 0.1) is 6.92 Å². The molecule has 1 amide bonds. The van der Waals surface area contributed by atoms with E-state index in [2.05, 4.69) is 10.4 Å². The molecule has 28 heavy (non-hydrogen) atoms. The molecule has 0 spiro atoms. The fourth-order valence-electron chi connectivity index (χ4n) is 2.81. The van der Waals surface area contributed by atoms with E-state index in [1.165, 1.54) is 0 Å². The smallest absolute Gasteiger partial charge is 0.351 e. The third-order valence-corrected chi connectivity index (χ3v) is 4.32. The van der Waals surface area contributed by atoms with Crippen molar-refractivity contribution in [2.24, 2.45) is 0 Å². The molecule has 3 aromatic rings. The summed E-state index contributed by atoms with van der Waals surface area (Å²) in [6.07, 6.45) is 0. The highest BCUT2D eigenvalue weighted by Gasteiger charge is 2.20. The van der Waals surface area contributed by atoms with Crippen LogP contribution in [0.1, 0.15) is 28.5 Å². The van der Waals surface area contributed by atoms with Gasteiger partial charge in [-0.15, -0.1) is 0 Å². The molecule has 7 nitrogen and oxygen atoms in total. The number of rotatable bonds is 5. The number of halogens is 1. The zero-order valence-corrected chi connectivity index (χ0v) is 16.2. The zero-order chi connectivity index (χ0) is 20.3. The van der Waals surface area contributed by atoms with Crippen LogP contribution in [-0.4, -0.2) is 26.8 Å². The molecule has 8 heteroatoms. The molecule has 0 aliphatic rings. The summed E-state index contributed by atoms with van der Waals surface area (Å²) in [4.78, 5) is 38.2. The third-order valence-electron chi connectivity index (χ3n) is 4.09. The van der Waals surface area contributed by atoms with Gasteiger partial charge in [0.25, 0.3) is 11.5 Å². The summed E-state index contributed by atoms with van der Waals surface area (Å²) < 4.78 is 2.03. The van der Waals surface area contributed by atoms with E-state index in [0.29, 0.717) is 17.3 Å². The largest absolute Gasteiger partial charge is 0.352 e. The highest BCUT2D eigenvalue weighted by Crippen LogP contribution is 2.12. The molecule has 0 saturated heterocycles. The van der Waals surface area contributed by atoms with Crippen LogP contribution in [0.25, 0.3) is 5.69 Å². The van der Waals surface area contributed by atoms with Crippen molar-refractivity contribution in [3.05, 3.63) is 91.2 Å². The Morgan fingerprint density at radius 3 is 2.57 bits per heavy atom. The lowest BCUT2D eigenvalue weighted by Crippen LogP contribution is -2.46. The van der Waals surface area contributed by atoms with Crippen LogP contribution < -0.4 is 16.6 Å². The van der Waals surface area contributed by atoms with E-state index in [9.17, 15) is 14.4 Å². The first-order valence-corrected chi connectivity index (χ1v) is 9.12. The summed E-state index contributed by atoms with van der Waals surface area (Å²) in [5.74, 6) is -0.638. The van der Waals surface area contributed by atoms with Crippen LogP contribution in [0.3, 0.4) is 0 Å². The zero-order valence-electron chi connectivity index (χ0n) is 15.5. The Kier molecular flexibility index (Phi) is 5.75. The molecule has 0 atom stereocenters. The summed E-state index contributed by atoms with van der Waals surface area (Å²) >= 11 is 6.03. The Bertz CT molecular complexity index is 1150. The number of nitrogens with zero attached hydrogens (tertiary/aromatic N) is 3. The van der Waals surface area contributed by atoms with Crippen molar-refractivity contribution in [3.63, 3.8) is 0 Å². The molecule has 1 heterocycles. The summed E-state index contributed by atoms with van der Waals surface area (Å²) in [6.45, 7) is 4.00. The second kappa shape index (κ2) is 8.22. The van der Waals surface area contributed by atoms with Crippen LogP contribution in [0.4, 0.5) is 0 Å². The first kappa shape index (κ1) is 19.6. The van der Waals surface area contributed by atoms with E-state index in [0.717, 1.165) is 20.4 Å². The topological polar surface area (TPSA) is 86.0 Å². The lowest BCUT2D eigenvalue weighted by Gasteiger charge is -2.12. The van der Waals surface area contributed by atoms with Gasteiger partial charge in [0, 0.05) is 11.6 Å². The van der Waals surface area contributed by atoms with Crippen molar-refractivity contribution in [2.45, 2.75) is 20.4 Å². The maximum Gasteiger partial charge on any atom is 0.352 e. The van der Waals surface area contributed by atoms with Crippen LogP contribution in [-0.2, 0) is 6.54 Å². The Morgan fingerprint density at radius 1 is 1.14 bits per heavy atom. The number of carbonyl (C=O) groups excluding carboxylic acids is 1. The Morgan fingerprint density at radius 2 is 1.89 bits per heavy atom. The van der Waals surface area contributed by atoms with Gasteiger partial charge in [-0.2, -0.15) is 9.78 Å². The molecule has 3 rings (SSSR count). The number of benzene rings is 2. The van der Waals surface area contributed by atoms with Crippen LogP contribution in [0.2, 0.25) is 5.02 Å². The van der Waals surface area contributed by atoms with Gasteiger partial charge in [-0.1, -0.05) is 47.5 Å². The maximum atomic E-state index is 13.0. The van der Waals surface area contributed by atoms with Crippen molar-refractivity contribution >= 4 is 17.5 Å². The number of amides is 1. The highest BCUT2D eigenvalue weighted by molar-refractivity contribution is 6.30. The van der Waals surface area contributed by atoms with Crippen LogP contribution >= 0.6 is 11.6 Å². The monoisotopic (exact) mass is 398 g/mol. The molecule has 1 N–H and O–H groups in total. The number of aryl methyl sites for hydroxylation is 1. The summed E-state index contributed by atoms with van der Waals surface area (Å²) in [5, 5.41) is 6.98. The lowest BCUT2D eigenvalue weighted by molar-refractivity contribution is 0.0946. The van der Waals surface area contributed by atoms with E-state index >= 15 is 0 Å². The molecular weight excluding hydrogens is 380 g/mol. The van der Waals surface area contributed by atoms with Gasteiger partial charge < -0.3 is 5.32 Å². The first-order chi connectivity index (χ1) is 13.4. The van der Waals surface area contributed by atoms with Crippen molar-refractivity contribution in [1.29, 1.82) is 0 Å². The van der Waals surface area contributed by atoms with E-state index < -0.39 is 17.2 Å². The van der Waals surface area contributed by atoms with Gasteiger partial charge in [0.2, 0.25) is 5.69 Å². The van der Waals surface area contributed by atoms with Gasteiger partial charge in [0.05, 0.1) is 12.2 Å². The Labute approximate surface area is 166 Å². The van der Waals surface area contributed by atoms with E-state index in [1.807, 2.05) is 31.2 Å². The van der Waals surface area contributed by atoms with E-state index in [4.69, 9.17) is 11.6 Å². The quantitative estimate of drug-likeness (QED) is 0.713. The summed E-state index contributed by atoms with van der Waals surface area (Å²) in [6, 6.07) is 13.9. The minimum absolute atomic E-state index is 0.0227. The average molecular weight is 399 g/mol. The van der Waals surface area contributed by atoms with Gasteiger partial charge in [-0.05, 0) is 37.6 Å². The molecule has 144 valence electrons. The fraction of sp³-hybridized carbons (Fsp3) is 0.200. The lowest BCUT2D eigenvalue weighted by atomic mass is 10.1. The van der Waals surface area contributed by atoms with Crippen molar-refractivity contribution in [2.75, 3.05) is 6.54 Å². The maximum absolute atomic E-state index is 13.0. The van der Waals surface area contributed by atoms with Crippen molar-refractivity contribution < 1.29 is 4.79 Å². The van der Waals surface area contributed by atoms with Gasteiger partial charge in [-0.3, -0.25) is 14.2 Å². The Hall–Kier alpha value is -3.19. The fourth-order valence-corrected chi connectivity index (χ4v) is 2.99. The van der Waals surface area contributed by atoms with Crippen molar-refractivity contribution in [1.82, 2.24) is 19.7 Å². The third kappa shape index (κ3) is 4.04. The average Bonchev–Trinajstić information content (AvgIpc) is 2.65. The predicted molar refractivity (Wildman–Crippen MR) is 107 cm³/mol. The van der Waals surface area contributed by atoms with Gasteiger partial charge in [0.1, 0.15) is 0 Å². The molecule has 1 aromatic heterocycles. The number of aromatic nitrogens is 3. The minimum Gasteiger partial charge on any atom is -0.351 e. The molecule has 0 aliphatic carbocycles. The molecule has 0 radical (unpaired) electrons. The normalized spacial score (nSPS) is 10.7. The number of hydrogen-bond donors (Lipinski definition) is 1. The molecule has 2 aromatic carbocycles. The SMILES string of the molecule is CCNC(=O)c1nn(-c2cccc(Cl)c2)c(=O)n(Cc2cccc(C)c2)c1=O. The molecule has 0 unspecified atom stereocenters. The van der Waals surface area contributed by atoms with Gasteiger partial charge >= 0.3 is 5.69 Å². The number of nitrogens with one attached hydrogen (secondary N) is 1. The summed E-state index contributed by atoms with van der Waals surface area (Å²) in [7, 11) is 0. The molecule has 0 saturated carbocycles. The minimum atomic E-state index is -0.740. The highest BCUT2D eigenvalue weighted by atomic mass is 35.5. The van der Waals surface area contributed by atoms with Gasteiger partial charge in [-0.25, -0.2) is 4.79 Å². The summed E-state index contributed by atoms with van der Waals surface area (Å²) in [5.41, 5.74) is 0.385. The second-order valence-electron chi connectivity index (χ2n) is 6.26. The van der Waals surface area contributed by atoms with E-state index in [1.54, 1.807) is 31.2 Å². The first-order valence-electron chi connectivity index (χ1n) is 8.74. The van der Waals surface area contributed by atoms with Gasteiger partial charge in [0.15, 0.2) is 0 Å². The molecule has 0 fully saturated rings. The molecular formula is C20H19ClN4O3. The van der Waals surface area contributed by atoms with Crippen LogP contribution in [0.15, 0.2) is 58.1 Å². The number of hydrogen-bond acceptors (Lipinski definition) is 4. The second-order valence-corrected chi connectivity index (χ2v) is 6.70. The standard InChI is InChI=1S/C20H19ClN4O3/c1-3-22-18(26)17-19(27)24(12-14-7-4-6-13(2)10-14)20(28)25(23-17)16-9-5-8-15(21)11-16/h4-11H,3,12H2,1-2H3,(H,22,26).